The molecule has 0 aliphatic heterocycles. The lowest BCUT2D eigenvalue weighted by molar-refractivity contribution is -0.121. The predicted octanol–water partition coefficient (Wildman–Crippen LogP) is 3.10. The van der Waals surface area contributed by atoms with E-state index in [0.717, 1.165) is 5.56 Å². The summed E-state index contributed by atoms with van der Waals surface area (Å²) in [5.74, 6) is -0.0599. The maximum absolute atomic E-state index is 11.5. The van der Waals surface area contributed by atoms with Gasteiger partial charge in [0.15, 0.2) is 0 Å². The Morgan fingerprint density at radius 1 is 1.35 bits per heavy atom. The van der Waals surface area contributed by atoms with E-state index in [2.05, 4.69) is 32.7 Å². The molecule has 0 aromatic heterocycles. The van der Waals surface area contributed by atoms with E-state index in [-0.39, 0.29) is 17.9 Å². The fourth-order valence-electron chi connectivity index (χ4n) is 1.86. The van der Waals surface area contributed by atoms with Crippen molar-refractivity contribution < 1.29 is 9.90 Å². The molecule has 1 aromatic carbocycles. The van der Waals surface area contributed by atoms with E-state index in [1.54, 1.807) is 6.08 Å². The van der Waals surface area contributed by atoms with Gasteiger partial charge in [0, 0.05) is 13.0 Å². The van der Waals surface area contributed by atoms with Gasteiger partial charge in [-0.15, -0.1) is 6.58 Å². The van der Waals surface area contributed by atoms with Crippen LogP contribution in [0.2, 0.25) is 0 Å². The predicted molar refractivity (Wildman–Crippen MR) is 82.5 cm³/mol. The van der Waals surface area contributed by atoms with Crippen LogP contribution in [0.4, 0.5) is 0 Å². The van der Waals surface area contributed by atoms with Gasteiger partial charge in [0.2, 0.25) is 5.91 Å². The molecule has 0 saturated heterocycles. The van der Waals surface area contributed by atoms with Gasteiger partial charge in [0.1, 0.15) is 0 Å². The number of carbonyl (C=O) groups is 1. The summed E-state index contributed by atoms with van der Waals surface area (Å²) in [7, 11) is 0. The van der Waals surface area contributed by atoms with Crippen molar-refractivity contribution in [3.8, 4) is 0 Å². The first-order valence-electron chi connectivity index (χ1n) is 7.00. The van der Waals surface area contributed by atoms with E-state index in [4.69, 9.17) is 0 Å². The van der Waals surface area contributed by atoms with Crippen molar-refractivity contribution >= 4 is 5.91 Å². The Morgan fingerprint density at radius 2 is 1.95 bits per heavy atom. The van der Waals surface area contributed by atoms with Gasteiger partial charge in [-0.25, -0.2) is 0 Å². The van der Waals surface area contributed by atoms with Gasteiger partial charge >= 0.3 is 0 Å². The molecule has 20 heavy (non-hydrogen) atoms. The Kier molecular flexibility index (Phi) is 5.96. The lowest BCUT2D eigenvalue weighted by Gasteiger charge is -2.20. The van der Waals surface area contributed by atoms with Crippen molar-refractivity contribution in [1.29, 1.82) is 0 Å². The molecular formula is C17H25NO2. The summed E-state index contributed by atoms with van der Waals surface area (Å²) in [4.78, 5) is 11.5. The molecule has 1 unspecified atom stereocenters. The molecule has 0 aliphatic rings. The fourth-order valence-corrected chi connectivity index (χ4v) is 1.86. The van der Waals surface area contributed by atoms with Crippen LogP contribution in [-0.2, 0) is 10.2 Å². The third kappa shape index (κ3) is 5.17. The van der Waals surface area contributed by atoms with E-state index >= 15 is 0 Å². The fraction of sp³-hybridized carbons (Fsp3) is 0.471. The highest BCUT2D eigenvalue weighted by Gasteiger charge is 2.14. The van der Waals surface area contributed by atoms with Gasteiger partial charge < -0.3 is 10.4 Å². The van der Waals surface area contributed by atoms with Crippen molar-refractivity contribution in [1.82, 2.24) is 5.32 Å². The minimum absolute atomic E-state index is 0.0599. The molecule has 1 rings (SSSR count). The van der Waals surface area contributed by atoms with Crippen molar-refractivity contribution in [3.05, 3.63) is 48.0 Å². The van der Waals surface area contributed by atoms with Gasteiger partial charge in [-0.05, 0) is 23.0 Å². The molecule has 1 aromatic rings. The van der Waals surface area contributed by atoms with Gasteiger partial charge in [0.25, 0.3) is 0 Å². The van der Waals surface area contributed by atoms with Crippen molar-refractivity contribution in [2.75, 3.05) is 6.54 Å². The molecule has 1 amide bonds. The van der Waals surface area contributed by atoms with Gasteiger partial charge in [-0.2, -0.15) is 0 Å². The number of rotatable bonds is 6. The van der Waals surface area contributed by atoms with Gasteiger partial charge in [0.05, 0.1) is 6.10 Å². The molecule has 3 heteroatoms. The summed E-state index contributed by atoms with van der Waals surface area (Å²) in [6, 6.07) is 7.89. The molecule has 0 saturated carbocycles. The molecule has 0 heterocycles. The van der Waals surface area contributed by atoms with E-state index in [1.807, 2.05) is 24.3 Å². The monoisotopic (exact) mass is 275 g/mol. The molecule has 3 nitrogen and oxygen atoms in total. The quantitative estimate of drug-likeness (QED) is 0.784. The zero-order valence-corrected chi connectivity index (χ0v) is 12.6. The number of aliphatic hydroxyl groups excluding tert-OH is 1. The van der Waals surface area contributed by atoms with Gasteiger partial charge in [-0.3, -0.25) is 4.79 Å². The smallest absolute Gasteiger partial charge is 0.220 e. The Labute approximate surface area is 121 Å². The van der Waals surface area contributed by atoms with E-state index in [1.165, 1.54) is 5.56 Å². The minimum atomic E-state index is -0.670. The Bertz CT molecular complexity index is 443. The summed E-state index contributed by atoms with van der Waals surface area (Å²) >= 11 is 0. The highest BCUT2D eigenvalue weighted by atomic mass is 16.3. The molecule has 1 atom stereocenters. The van der Waals surface area contributed by atoms with Crippen molar-refractivity contribution in [2.45, 2.75) is 45.1 Å². The average Bonchev–Trinajstić information content (AvgIpc) is 2.41. The maximum atomic E-state index is 11.5. The molecule has 2 N–H and O–H groups in total. The highest BCUT2D eigenvalue weighted by Crippen LogP contribution is 2.23. The number of allylic oxidation sites excluding steroid dienone is 1. The lowest BCUT2D eigenvalue weighted by atomic mass is 9.86. The lowest BCUT2D eigenvalue weighted by Crippen LogP contribution is -2.28. The van der Waals surface area contributed by atoms with E-state index < -0.39 is 6.10 Å². The molecular weight excluding hydrogens is 250 g/mol. The molecule has 0 radical (unpaired) electrons. The third-order valence-corrected chi connectivity index (χ3v) is 3.23. The number of amides is 1. The number of carbonyl (C=O) groups excluding carboxylic acids is 1. The average molecular weight is 275 g/mol. The molecule has 0 aliphatic carbocycles. The molecule has 0 bridgehead atoms. The number of hydrogen-bond acceptors (Lipinski definition) is 2. The zero-order chi connectivity index (χ0) is 15.2. The molecule has 0 fully saturated rings. The number of hydrogen-bond donors (Lipinski definition) is 2. The Morgan fingerprint density at radius 3 is 2.45 bits per heavy atom. The largest absolute Gasteiger partial charge is 0.387 e. The first-order chi connectivity index (χ1) is 9.34. The number of nitrogens with one attached hydrogen (secondary N) is 1. The first kappa shape index (κ1) is 16.4. The number of aliphatic hydroxyl groups is 1. The van der Waals surface area contributed by atoms with E-state index in [9.17, 15) is 9.90 Å². The van der Waals surface area contributed by atoms with Crippen LogP contribution in [0.25, 0.3) is 0 Å². The summed E-state index contributed by atoms with van der Waals surface area (Å²) in [6.45, 7) is 10.3. The van der Waals surface area contributed by atoms with Crippen LogP contribution in [0.15, 0.2) is 36.9 Å². The second-order valence-corrected chi connectivity index (χ2v) is 6.02. The standard InChI is InChI=1S/C17H25NO2/c1-5-6-7-16(20)18-12-15(19)13-8-10-14(11-9-13)17(2,3)4/h5,8-11,15,19H,1,6-7,12H2,2-4H3,(H,18,20). The second kappa shape index (κ2) is 7.25. The van der Waals surface area contributed by atoms with Crippen LogP contribution in [0, 0.1) is 0 Å². The van der Waals surface area contributed by atoms with Crippen LogP contribution in [0.1, 0.15) is 50.8 Å². The highest BCUT2D eigenvalue weighted by molar-refractivity contribution is 5.76. The van der Waals surface area contributed by atoms with Crippen molar-refractivity contribution in [2.24, 2.45) is 0 Å². The van der Waals surface area contributed by atoms with Gasteiger partial charge in [-0.1, -0.05) is 51.1 Å². The first-order valence-corrected chi connectivity index (χ1v) is 7.00. The maximum Gasteiger partial charge on any atom is 0.220 e. The molecule has 110 valence electrons. The Hall–Kier alpha value is -1.61. The summed E-state index contributed by atoms with van der Waals surface area (Å²) in [6.07, 6.45) is 2.11. The van der Waals surface area contributed by atoms with Crippen LogP contribution in [-0.4, -0.2) is 17.6 Å². The number of benzene rings is 1. The van der Waals surface area contributed by atoms with Crippen molar-refractivity contribution in [3.63, 3.8) is 0 Å². The molecule has 0 spiro atoms. The second-order valence-electron chi connectivity index (χ2n) is 6.02. The van der Waals surface area contributed by atoms with Crippen LogP contribution in [0.5, 0.6) is 0 Å². The van der Waals surface area contributed by atoms with Crippen LogP contribution in [0.3, 0.4) is 0 Å². The summed E-state index contributed by atoms with van der Waals surface area (Å²) < 4.78 is 0. The third-order valence-electron chi connectivity index (χ3n) is 3.23. The Balaban J connectivity index is 2.53. The normalized spacial score (nSPS) is 12.8. The topological polar surface area (TPSA) is 49.3 Å². The summed E-state index contributed by atoms with van der Waals surface area (Å²) in [5.41, 5.74) is 2.15. The van der Waals surface area contributed by atoms with E-state index in [0.29, 0.717) is 12.8 Å². The van der Waals surface area contributed by atoms with Crippen LogP contribution >= 0.6 is 0 Å². The summed E-state index contributed by atoms with van der Waals surface area (Å²) in [5, 5.41) is 12.8. The SMILES string of the molecule is C=CCCC(=O)NCC(O)c1ccc(C(C)(C)C)cc1. The zero-order valence-electron chi connectivity index (χ0n) is 12.6. The minimum Gasteiger partial charge on any atom is -0.387 e. The van der Waals surface area contributed by atoms with Crippen LogP contribution < -0.4 is 5.32 Å².